The zero-order valence-electron chi connectivity index (χ0n) is 15.1. The molecule has 5 unspecified atom stereocenters. The van der Waals surface area contributed by atoms with E-state index in [4.69, 9.17) is 0 Å². The summed E-state index contributed by atoms with van der Waals surface area (Å²) in [6.45, 7) is 14.5. The topological polar surface area (TPSA) is 15.3 Å². The summed E-state index contributed by atoms with van der Waals surface area (Å²) < 4.78 is 0. The maximum atomic E-state index is 3.87. The molecule has 5 atom stereocenters. The number of nitrogens with zero attached hydrogens (tertiary/aromatic N) is 1. The molecule has 21 heavy (non-hydrogen) atoms. The van der Waals surface area contributed by atoms with Gasteiger partial charge in [-0.25, -0.2) is 0 Å². The summed E-state index contributed by atoms with van der Waals surface area (Å²) >= 11 is 0. The van der Waals surface area contributed by atoms with E-state index in [9.17, 15) is 0 Å². The summed E-state index contributed by atoms with van der Waals surface area (Å²) in [4.78, 5) is 2.86. The Hall–Kier alpha value is -0.0800. The number of hydrogen-bond donors (Lipinski definition) is 1. The average molecular weight is 295 g/mol. The van der Waals surface area contributed by atoms with Gasteiger partial charge in [-0.05, 0) is 76.3 Å². The second kappa shape index (κ2) is 7.97. The lowest BCUT2D eigenvalue weighted by Crippen LogP contribution is -2.58. The van der Waals surface area contributed by atoms with Gasteiger partial charge in [0.25, 0.3) is 0 Å². The first-order valence-electron chi connectivity index (χ1n) is 9.52. The largest absolute Gasteiger partial charge is 0.312 e. The molecule has 1 heterocycles. The van der Waals surface area contributed by atoms with Crippen molar-refractivity contribution in [3.05, 3.63) is 0 Å². The first-order valence-corrected chi connectivity index (χ1v) is 9.52. The van der Waals surface area contributed by atoms with Crippen LogP contribution in [0.15, 0.2) is 0 Å². The van der Waals surface area contributed by atoms with Gasteiger partial charge in [-0.3, -0.25) is 4.90 Å². The van der Waals surface area contributed by atoms with Crippen LogP contribution in [-0.4, -0.2) is 36.1 Å². The normalized spacial score (nSPS) is 38.9. The molecule has 1 N–H and O–H groups in total. The summed E-state index contributed by atoms with van der Waals surface area (Å²) in [6.07, 6.45) is 8.26. The van der Waals surface area contributed by atoms with Gasteiger partial charge in [0.15, 0.2) is 0 Å². The number of likely N-dealkylation sites (tertiary alicyclic amines) is 1. The summed E-state index contributed by atoms with van der Waals surface area (Å²) in [5.74, 6) is 2.70. The molecule has 2 rings (SSSR count). The Morgan fingerprint density at radius 3 is 2.48 bits per heavy atom. The fourth-order valence-corrected chi connectivity index (χ4v) is 4.64. The summed E-state index contributed by atoms with van der Waals surface area (Å²) in [6, 6.07) is 2.28. The van der Waals surface area contributed by atoms with Gasteiger partial charge in [0.05, 0.1) is 0 Å². The lowest BCUT2D eigenvalue weighted by Gasteiger charge is -2.49. The molecule has 124 valence electrons. The Kier molecular flexibility index (Phi) is 6.55. The molecule has 2 fully saturated rings. The van der Waals surface area contributed by atoms with Gasteiger partial charge in [0, 0.05) is 18.1 Å². The maximum absolute atomic E-state index is 3.87. The van der Waals surface area contributed by atoms with Crippen LogP contribution in [-0.2, 0) is 0 Å². The first-order chi connectivity index (χ1) is 10.0. The molecule has 0 spiro atoms. The average Bonchev–Trinajstić information content (AvgIpc) is 2.45. The van der Waals surface area contributed by atoms with E-state index in [1.807, 2.05) is 0 Å². The molecule has 1 saturated heterocycles. The fourth-order valence-electron chi connectivity index (χ4n) is 4.64. The Morgan fingerprint density at radius 2 is 1.86 bits per heavy atom. The molecular formula is C19H38N2. The van der Waals surface area contributed by atoms with Crippen LogP contribution in [0.25, 0.3) is 0 Å². The quantitative estimate of drug-likeness (QED) is 0.813. The monoisotopic (exact) mass is 294 g/mol. The van der Waals surface area contributed by atoms with Gasteiger partial charge < -0.3 is 5.32 Å². The van der Waals surface area contributed by atoms with E-state index in [1.165, 1.54) is 51.6 Å². The highest BCUT2D eigenvalue weighted by molar-refractivity contribution is 4.95. The highest BCUT2D eigenvalue weighted by Crippen LogP contribution is 2.36. The molecule has 1 aliphatic carbocycles. The number of rotatable bonds is 5. The van der Waals surface area contributed by atoms with Crippen LogP contribution >= 0.6 is 0 Å². The molecular weight excluding hydrogens is 256 g/mol. The van der Waals surface area contributed by atoms with Crippen molar-refractivity contribution in [1.82, 2.24) is 10.2 Å². The number of nitrogens with one attached hydrogen (secondary N) is 1. The number of piperidine rings is 1. The van der Waals surface area contributed by atoms with E-state index in [-0.39, 0.29) is 0 Å². The first kappa shape index (κ1) is 17.3. The van der Waals surface area contributed by atoms with Crippen molar-refractivity contribution in [2.45, 2.75) is 91.3 Å². The molecule has 0 amide bonds. The van der Waals surface area contributed by atoms with Crippen LogP contribution in [0.2, 0.25) is 0 Å². The van der Waals surface area contributed by atoms with Crippen molar-refractivity contribution in [2.75, 3.05) is 13.1 Å². The second-order valence-electron chi connectivity index (χ2n) is 8.16. The van der Waals surface area contributed by atoms with Crippen molar-refractivity contribution in [2.24, 2.45) is 17.8 Å². The van der Waals surface area contributed by atoms with Crippen LogP contribution in [0, 0.1) is 17.8 Å². The maximum Gasteiger partial charge on any atom is 0.0254 e. The molecule has 0 aromatic carbocycles. The standard InChI is InChI=1S/C19H38N2/c1-6-10-20-18-8-7-17(14(2)3)13-19(18)21-11-9-15(4)12-16(21)5/h14-20H,6-13H2,1-5H3. The molecule has 1 aliphatic heterocycles. The lowest BCUT2D eigenvalue weighted by molar-refractivity contribution is 0.0234. The molecule has 0 aromatic heterocycles. The molecule has 1 saturated carbocycles. The lowest BCUT2D eigenvalue weighted by atomic mass is 9.75. The zero-order valence-corrected chi connectivity index (χ0v) is 15.1. The Morgan fingerprint density at radius 1 is 1.10 bits per heavy atom. The van der Waals surface area contributed by atoms with Crippen molar-refractivity contribution in [3.63, 3.8) is 0 Å². The summed E-state index contributed by atoms with van der Waals surface area (Å²) in [5.41, 5.74) is 0. The van der Waals surface area contributed by atoms with Crippen LogP contribution in [0.3, 0.4) is 0 Å². The van der Waals surface area contributed by atoms with E-state index in [0.717, 1.165) is 35.9 Å². The van der Waals surface area contributed by atoms with Crippen LogP contribution in [0.5, 0.6) is 0 Å². The molecule has 2 aliphatic rings. The SMILES string of the molecule is CCCNC1CCC(C(C)C)CC1N1CCC(C)CC1C. The molecule has 0 aromatic rings. The molecule has 0 bridgehead atoms. The Bertz CT molecular complexity index is 302. The van der Waals surface area contributed by atoms with Crippen LogP contribution in [0.1, 0.15) is 73.1 Å². The summed E-state index contributed by atoms with van der Waals surface area (Å²) in [7, 11) is 0. The van der Waals surface area contributed by atoms with Gasteiger partial charge in [-0.1, -0.05) is 27.7 Å². The zero-order chi connectivity index (χ0) is 15.4. The minimum Gasteiger partial charge on any atom is -0.312 e. The second-order valence-corrected chi connectivity index (χ2v) is 8.16. The van der Waals surface area contributed by atoms with Gasteiger partial charge in [0.1, 0.15) is 0 Å². The summed E-state index contributed by atoms with van der Waals surface area (Å²) in [5, 5.41) is 3.87. The van der Waals surface area contributed by atoms with Crippen molar-refractivity contribution < 1.29 is 0 Å². The number of hydrogen-bond acceptors (Lipinski definition) is 2. The predicted molar refractivity (Wildman–Crippen MR) is 92.6 cm³/mol. The third-order valence-corrected chi connectivity index (χ3v) is 6.07. The van der Waals surface area contributed by atoms with Gasteiger partial charge in [0.2, 0.25) is 0 Å². The highest BCUT2D eigenvalue weighted by atomic mass is 15.2. The minimum absolute atomic E-state index is 0.732. The predicted octanol–water partition coefficient (Wildman–Crippen LogP) is 4.30. The Labute approximate surface area is 133 Å². The van der Waals surface area contributed by atoms with Crippen molar-refractivity contribution in [3.8, 4) is 0 Å². The van der Waals surface area contributed by atoms with Gasteiger partial charge >= 0.3 is 0 Å². The highest BCUT2D eigenvalue weighted by Gasteiger charge is 2.38. The minimum atomic E-state index is 0.732. The van der Waals surface area contributed by atoms with E-state index >= 15 is 0 Å². The van der Waals surface area contributed by atoms with E-state index in [2.05, 4.69) is 44.8 Å². The fraction of sp³-hybridized carbons (Fsp3) is 1.00. The van der Waals surface area contributed by atoms with Gasteiger partial charge in [-0.2, -0.15) is 0 Å². The van der Waals surface area contributed by atoms with E-state index in [1.54, 1.807) is 0 Å². The van der Waals surface area contributed by atoms with Crippen molar-refractivity contribution >= 4 is 0 Å². The molecule has 2 nitrogen and oxygen atoms in total. The molecule has 2 heteroatoms. The molecule has 0 radical (unpaired) electrons. The van der Waals surface area contributed by atoms with Crippen LogP contribution in [0.4, 0.5) is 0 Å². The smallest absolute Gasteiger partial charge is 0.0254 e. The Balaban J connectivity index is 2.04. The van der Waals surface area contributed by atoms with E-state index < -0.39 is 0 Å². The van der Waals surface area contributed by atoms with Crippen LogP contribution < -0.4 is 5.32 Å². The third kappa shape index (κ3) is 4.45. The van der Waals surface area contributed by atoms with E-state index in [0.29, 0.717) is 0 Å². The third-order valence-electron chi connectivity index (χ3n) is 6.07. The van der Waals surface area contributed by atoms with Crippen molar-refractivity contribution in [1.29, 1.82) is 0 Å². The van der Waals surface area contributed by atoms with Gasteiger partial charge in [-0.15, -0.1) is 0 Å².